The van der Waals surface area contributed by atoms with Crippen molar-refractivity contribution in [3.63, 3.8) is 0 Å². The predicted molar refractivity (Wildman–Crippen MR) is 114 cm³/mol. The third-order valence-corrected chi connectivity index (χ3v) is 5.28. The minimum absolute atomic E-state index is 0.517. The van der Waals surface area contributed by atoms with E-state index in [9.17, 15) is 4.79 Å². The van der Waals surface area contributed by atoms with E-state index in [1.165, 1.54) is 11.8 Å². The topological polar surface area (TPSA) is 85.9 Å². The van der Waals surface area contributed by atoms with Crippen LogP contribution in [0, 0.1) is 0 Å². The lowest BCUT2D eigenvalue weighted by molar-refractivity contribution is 0.0564. The second-order valence-corrected chi connectivity index (χ2v) is 8.51. The van der Waals surface area contributed by atoms with Crippen molar-refractivity contribution in [2.75, 3.05) is 18.6 Å². The molecule has 6 nitrogen and oxygen atoms in total. The van der Waals surface area contributed by atoms with E-state index >= 15 is 0 Å². The van der Waals surface area contributed by atoms with Crippen molar-refractivity contribution in [2.24, 2.45) is 4.99 Å². The number of benzene rings is 2. The first-order chi connectivity index (χ1) is 13.2. The summed E-state index contributed by atoms with van der Waals surface area (Å²) >= 11 is 1.48. The molecule has 0 aromatic heterocycles. The molecule has 1 aliphatic rings. The van der Waals surface area contributed by atoms with E-state index in [1.54, 1.807) is 7.11 Å². The summed E-state index contributed by atoms with van der Waals surface area (Å²) in [6.07, 6.45) is -0.517. The van der Waals surface area contributed by atoms with Crippen molar-refractivity contribution < 1.29 is 14.3 Å². The SMILES string of the molecule is COc1ccc(C2(c3cccc(N)c3)CSC(NC(=O)OC(C)(C)C)=N2)cc1. The highest BCUT2D eigenvalue weighted by molar-refractivity contribution is 8.14. The van der Waals surface area contributed by atoms with Gasteiger partial charge in [-0.15, -0.1) is 0 Å². The highest BCUT2D eigenvalue weighted by Crippen LogP contribution is 2.43. The number of nitrogen functional groups attached to an aromatic ring is 1. The molecule has 1 heterocycles. The number of carbonyl (C=O) groups is 1. The second kappa shape index (κ2) is 7.75. The third-order valence-electron chi connectivity index (χ3n) is 4.25. The minimum Gasteiger partial charge on any atom is -0.497 e. The lowest BCUT2D eigenvalue weighted by Gasteiger charge is -2.27. The van der Waals surface area contributed by atoms with Crippen LogP contribution in [-0.4, -0.2) is 29.7 Å². The average molecular weight is 400 g/mol. The fourth-order valence-electron chi connectivity index (χ4n) is 2.99. The van der Waals surface area contributed by atoms with E-state index in [4.69, 9.17) is 20.2 Å². The number of rotatable bonds is 3. The summed E-state index contributed by atoms with van der Waals surface area (Å²) in [5.74, 6) is 1.40. The van der Waals surface area contributed by atoms with Crippen LogP contribution in [0.4, 0.5) is 10.5 Å². The number of amides is 1. The van der Waals surface area contributed by atoms with Gasteiger partial charge < -0.3 is 15.2 Å². The number of carbonyl (C=O) groups excluding carboxylic acids is 1. The largest absolute Gasteiger partial charge is 0.497 e. The minimum atomic E-state index is -0.656. The molecule has 148 valence electrons. The number of hydrogen-bond acceptors (Lipinski definition) is 6. The zero-order valence-corrected chi connectivity index (χ0v) is 17.3. The molecule has 7 heteroatoms. The molecular formula is C21H25N3O3S. The van der Waals surface area contributed by atoms with E-state index in [-0.39, 0.29) is 0 Å². The molecule has 2 aromatic rings. The Kier molecular flexibility index (Phi) is 5.56. The summed E-state index contributed by atoms with van der Waals surface area (Å²) in [5.41, 5.74) is 7.42. The molecule has 0 saturated carbocycles. The molecule has 0 saturated heterocycles. The summed E-state index contributed by atoms with van der Waals surface area (Å²) in [4.78, 5) is 17.1. The summed E-state index contributed by atoms with van der Waals surface area (Å²) < 4.78 is 10.6. The lowest BCUT2D eigenvalue weighted by atomic mass is 9.85. The van der Waals surface area contributed by atoms with Crippen LogP contribution in [0.15, 0.2) is 53.5 Å². The predicted octanol–water partition coefficient (Wildman–Crippen LogP) is 4.15. The lowest BCUT2D eigenvalue weighted by Crippen LogP contribution is -2.34. The maximum Gasteiger partial charge on any atom is 0.413 e. The monoisotopic (exact) mass is 399 g/mol. The molecule has 1 atom stereocenters. The molecule has 28 heavy (non-hydrogen) atoms. The zero-order chi connectivity index (χ0) is 20.4. The molecule has 0 radical (unpaired) electrons. The van der Waals surface area contributed by atoms with Crippen molar-refractivity contribution in [3.8, 4) is 5.75 Å². The smallest absolute Gasteiger partial charge is 0.413 e. The van der Waals surface area contributed by atoms with E-state index in [0.717, 1.165) is 16.9 Å². The molecular weight excluding hydrogens is 374 g/mol. The van der Waals surface area contributed by atoms with Gasteiger partial charge in [0.15, 0.2) is 5.17 Å². The van der Waals surface area contributed by atoms with Crippen LogP contribution in [-0.2, 0) is 10.3 Å². The van der Waals surface area contributed by atoms with Crippen LogP contribution in [0.2, 0.25) is 0 Å². The molecule has 3 N–H and O–H groups in total. The number of methoxy groups -OCH3 is 1. The first-order valence-electron chi connectivity index (χ1n) is 8.95. The van der Waals surface area contributed by atoms with Crippen LogP contribution < -0.4 is 15.8 Å². The van der Waals surface area contributed by atoms with Gasteiger partial charge in [-0.2, -0.15) is 0 Å². The summed E-state index contributed by atoms with van der Waals surface area (Å²) in [6, 6.07) is 15.5. The standard InChI is InChI=1S/C21H25N3O3S/c1-20(2,3)27-19(25)23-18-24-21(13-28-18,15-6-5-7-16(22)12-15)14-8-10-17(26-4)11-9-14/h5-12H,13,22H2,1-4H3,(H,23,24,25). The molecule has 1 unspecified atom stereocenters. The Morgan fingerprint density at radius 1 is 1.18 bits per heavy atom. The number of aliphatic imine (C=N–C) groups is 1. The van der Waals surface area contributed by atoms with Crippen molar-refractivity contribution in [3.05, 3.63) is 59.7 Å². The third kappa shape index (κ3) is 4.42. The fourth-order valence-corrected chi connectivity index (χ4v) is 4.11. The molecule has 0 aliphatic carbocycles. The van der Waals surface area contributed by atoms with Gasteiger partial charge in [0.2, 0.25) is 0 Å². The first kappa shape index (κ1) is 20.1. The highest BCUT2D eigenvalue weighted by Gasteiger charge is 2.40. The quantitative estimate of drug-likeness (QED) is 0.758. The maximum atomic E-state index is 12.2. The Morgan fingerprint density at radius 2 is 1.89 bits per heavy atom. The Morgan fingerprint density at radius 3 is 2.50 bits per heavy atom. The molecule has 0 bridgehead atoms. The Bertz CT molecular complexity index is 891. The summed E-state index contributed by atoms with van der Waals surface area (Å²) in [6.45, 7) is 5.47. The van der Waals surface area contributed by atoms with Crippen LogP contribution in [0.1, 0.15) is 31.9 Å². The van der Waals surface area contributed by atoms with Gasteiger partial charge in [0, 0.05) is 11.4 Å². The fraction of sp³-hybridized carbons (Fsp3) is 0.333. The van der Waals surface area contributed by atoms with E-state index in [1.807, 2.05) is 69.3 Å². The number of alkyl carbamates (subject to hydrolysis) is 1. The Labute approximate surface area is 169 Å². The number of thioether (sulfide) groups is 1. The number of amidine groups is 1. The molecule has 1 aliphatic heterocycles. The van der Waals surface area contributed by atoms with Crippen LogP contribution >= 0.6 is 11.8 Å². The second-order valence-electron chi connectivity index (χ2n) is 7.55. The molecule has 0 spiro atoms. The molecule has 0 fully saturated rings. The van der Waals surface area contributed by atoms with Crippen molar-refractivity contribution in [1.29, 1.82) is 0 Å². The number of anilines is 1. The van der Waals surface area contributed by atoms with Gasteiger partial charge in [0.25, 0.3) is 0 Å². The number of nitrogens with two attached hydrogens (primary N) is 1. The molecule has 2 aromatic carbocycles. The maximum absolute atomic E-state index is 12.2. The van der Waals surface area contributed by atoms with Crippen molar-refractivity contribution >= 4 is 28.7 Å². The van der Waals surface area contributed by atoms with E-state index in [2.05, 4.69) is 5.32 Å². The molecule has 3 rings (SSSR count). The average Bonchev–Trinajstić information content (AvgIpc) is 3.05. The summed E-state index contributed by atoms with van der Waals surface area (Å²) in [5, 5.41) is 3.28. The summed E-state index contributed by atoms with van der Waals surface area (Å²) in [7, 11) is 1.63. The number of ether oxygens (including phenoxy) is 2. The van der Waals surface area contributed by atoms with Crippen LogP contribution in [0.5, 0.6) is 5.75 Å². The Hall–Kier alpha value is -2.67. The van der Waals surface area contributed by atoms with Crippen LogP contribution in [0.25, 0.3) is 0 Å². The van der Waals surface area contributed by atoms with Gasteiger partial charge in [-0.3, -0.25) is 5.32 Å². The normalized spacial score (nSPS) is 19.1. The van der Waals surface area contributed by atoms with Gasteiger partial charge in [-0.25, -0.2) is 9.79 Å². The Balaban J connectivity index is 1.98. The van der Waals surface area contributed by atoms with Gasteiger partial charge in [-0.1, -0.05) is 36.0 Å². The number of nitrogens with one attached hydrogen (secondary N) is 1. The first-order valence-corrected chi connectivity index (χ1v) is 9.94. The van der Waals surface area contributed by atoms with Gasteiger partial charge >= 0.3 is 6.09 Å². The van der Waals surface area contributed by atoms with Crippen LogP contribution in [0.3, 0.4) is 0 Å². The zero-order valence-electron chi connectivity index (χ0n) is 16.5. The number of nitrogens with zero attached hydrogens (tertiary/aromatic N) is 1. The molecule has 1 amide bonds. The van der Waals surface area contributed by atoms with Gasteiger partial charge in [-0.05, 0) is 56.2 Å². The van der Waals surface area contributed by atoms with Crippen molar-refractivity contribution in [2.45, 2.75) is 31.9 Å². The van der Waals surface area contributed by atoms with Crippen molar-refractivity contribution in [1.82, 2.24) is 5.32 Å². The highest BCUT2D eigenvalue weighted by atomic mass is 32.2. The van der Waals surface area contributed by atoms with Gasteiger partial charge in [0.1, 0.15) is 16.9 Å². The number of hydrogen-bond donors (Lipinski definition) is 2. The van der Waals surface area contributed by atoms with Gasteiger partial charge in [0.05, 0.1) is 7.11 Å². The van der Waals surface area contributed by atoms with E-state index in [0.29, 0.717) is 16.6 Å². The van der Waals surface area contributed by atoms with E-state index < -0.39 is 17.2 Å².